The van der Waals surface area contributed by atoms with E-state index >= 15 is 0 Å². The van der Waals surface area contributed by atoms with E-state index in [1.807, 2.05) is 39.8 Å². The maximum atomic E-state index is 12.6. The van der Waals surface area contributed by atoms with Crippen LogP contribution in [0.15, 0.2) is 38.3 Å². The standard InChI is InChI=1S/C26H30ClN3O6/c1-12-7-10-16(36-12)22(25(2,3)4)29-19-18(20(31)21(19)32)28-15-9-8-14(27)13-11-30(23(33)17(13)15)26(5,6)24(34)35/h7-10,22-23,28-29,33H,11H2,1-6H3,(H,34,35)/t22-,23?/m0/s1. The zero-order valence-corrected chi connectivity index (χ0v) is 21.8. The highest BCUT2D eigenvalue weighted by Crippen LogP contribution is 2.45. The molecule has 2 aromatic carbocycles. The summed E-state index contributed by atoms with van der Waals surface area (Å²) >= 11 is 6.39. The van der Waals surface area contributed by atoms with E-state index in [9.17, 15) is 24.6 Å². The van der Waals surface area contributed by atoms with Gasteiger partial charge in [0.25, 0.3) is 10.9 Å². The Kier molecular flexibility index (Phi) is 6.31. The number of aliphatic hydroxyl groups excluding tert-OH is 1. The Morgan fingerprint density at radius 1 is 1.11 bits per heavy atom. The van der Waals surface area contributed by atoms with E-state index < -0.39 is 34.6 Å². The van der Waals surface area contributed by atoms with Gasteiger partial charge < -0.3 is 25.3 Å². The molecule has 1 aromatic heterocycles. The zero-order chi connectivity index (χ0) is 26.7. The van der Waals surface area contributed by atoms with Gasteiger partial charge in [0, 0.05) is 22.8 Å². The number of hydrogen-bond acceptors (Lipinski definition) is 8. The Morgan fingerprint density at radius 2 is 1.75 bits per heavy atom. The van der Waals surface area contributed by atoms with Crippen molar-refractivity contribution in [1.82, 2.24) is 4.90 Å². The normalized spacial score (nSPS) is 17.3. The first-order valence-corrected chi connectivity index (χ1v) is 11.9. The van der Waals surface area contributed by atoms with E-state index in [2.05, 4.69) is 10.6 Å². The van der Waals surface area contributed by atoms with Gasteiger partial charge >= 0.3 is 5.97 Å². The SMILES string of the molecule is Cc1ccc([C@H](Nc2c(Nc3ccc(Cl)c4c3C(O)N(C(C)(C)C(=O)O)C4)c(=O)c2=O)C(C)(C)C)o1. The molecular weight excluding hydrogens is 486 g/mol. The van der Waals surface area contributed by atoms with E-state index in [1.54, 1.807) is 12.1 Å². The highest BCUT2D eigenvalue weighted by atomic mass is 35.5. The molecule has 9 nitrogen and oxygen atoms in total. The Balaban J connectivity index is 1.71. The number of aryl methyl sites for hydroxylation is 1. The molecule has 10 heteroatoms. The molecule has 36 heavy (non-hydrogen) atoms. The molecule has 0 saturated heterocycles. The molecule has 0 spiro atoms. The maximum absolute atomic E-state index is 12.6. The first kappa shape index (κ1) is 25.9. The van der Waals surface area contributed by atoms with Gasteiger partial charge in [-0.3, -0.25) is 19.3 Å². The summed E-state index contributed by atoms with van der Waals surface area (Å²) in [6.07, 6.45) is -1.29. The first-order chi connectivity index (χ1) is 16.6. The van der Waals surface area contributed by atoms with E-state index in [4.69, 9.17) is 16.0 Å². The van der Waals surface area contributed by atoms with Crippen molar-refractivity contribution in [2.45, 2.75) is 65.9 Å². The number of benzene rings is 1. The van der Waals surface area contributed by atoms with Gasteiger partial charge in [0.2, 0.25) is 0 Å². The average molecular weight is 516 g/mol. The number of nitrogens with zero attached hydrogens (tertiary/aromatic N) is 1. The van der Waals surface area contributed by atoms with Gasteiger partial charge in [-0.15, -0.1) is 0 Å². The van der Waals surface area contributed by atoms with Crippen LogP contribution < -0.4 is 21.5 Å². The highest BCUT2D eigenvalue weighted by Gasteiger charge is 2.45. The number of carboxylic acids is 1. The fourth-order valence-corrected chi connectivity index (χ4v) is 4.72. The Bertz CT molecular complexity index is 1410. The molecule has 0 radical (unpaired) electrons. The summed E-state index contributed by atoms with van der Waals surface area (Å²) in [5, 5.41) is 27.3. The molecule has 4 N–H and O–H groups in total. The van der Waals surface area contributed by atoms with Crippen LogP contribution in [0.1, 0.15) is 69.5 Å². The molecule has 1 aliphatic rings. The smallest absolute Gasteiger partial charge is 0.323 e. The van der Waals surface area contributed by atoms with E-state index in [1.165, 1.54) is 18.7 Å². The van der Waals surface area contributed by atoms with Gasteiger partial charge in [-0.1, -0.05) is 32.4 Å². The number of aliphatic carboxylic acids is 1. The highest BCUT2D eigenvalue weighted by molar-refractivity contribution is 6.31. The number of furan rings is 1. The third-order valence-electron chi connectivity index (χ3n) is 6.79. The summed E-state index contributed by atoms with van der Waals surface area (Å²) in [7, 11) is 0. The van der Waals surface area contributed by atoms with Crippen molar-refractivity contribution in [3.63, 3.8) is 0 Å². The Labute approximate surface area is 213 Å². The summed E-state index contributed by atoms with van der Waals surface area (Å²) in [4.78, 5) is 38.4. The summed E-state index contributed by atoms with van der Waals surface area (Å²) in [6, 6.07) is 6.47. The van der Waals surface area contributed by atoms with Gasteiger partial charge in [-0.2, -0.15) is 0 Å². The number of anilines is 3. The molecule has 0 aliphatic carbocycles. The third kappa shape index (κ3) is 4.21. The lowest BCUT2D eigenvalue weighted by molar-refractivity contribution is -0.157. The van der Waals surface area contributed by atoms with Crippen LogP contribution in [0.5, 0.6) is 0 Å². The fourth-order valence-electron chi connectivity index (χ4n) is 4.49. The summed E-state index contributed by atoms with van der Waals surface area (Å²) in [5.74, 6) is 0.257. The quantitative estimate of drug-likeness (QED) is 0.337. The number of halogens is 1. The van der Waals surface area contributed by atoms with Crippen molar-refractivity contribution in [1.29, 1.82) is 0 Å². The van der Waals surface area contributed by atoms with Crippen molar-refractivity contribution in [2.75, 3.05) is 10.6 Å². The van der Waals surface area contributed by atoms with Crippen LogP contribution >= 0.6 is 11.6 Å². The predicted molar refractivity (Wildman–Crippen MR) is 138 cm³/mol. The average Bonchev–Trinajstić information content (AvgIpc) is 3.37. The number of carboxylic acid groups (broad SMARTS) is 1. The van der Waals surface area contributed by atoms with Crippen molar-refractivity contribution >= 4 is 34.6 Å². The van der Waals surface area contributed by atoms with Crippen molar-refractivity contribution < 1.29 is 19.4 Å². The fraction of sp³-hybridized carbons (Fsp3) is 0.423. The van der Waals surface area contributed by atoms with Gasteiger partial charge in [0.15, 0.2) is 0 Å². The molecule has 0 fully saturated rings. The van der Waals surface area contributed by atoms with Gasteiger partial charge in [0.05, 0.1) is 6.04 Å². The molecule has 2 heterocycles. The third-order valence-corrected chi connectivity index (χ3v) is 7.15. The minimum absolute atomic E-state index is 0.0604. The maximum Gasteiger partial charge on any atom is 0.323 e. The Hall–Kier alpha value is -3.14. The lowest BCUT2D eigenvalue weighted by atomic mass is 9.85. The minimum atomic E-state index is -1.38. The Morgan fingerprint density at radius 3 is 2.31 bits per heavy atom. The molecule has 3 aromatic rings. The molecule has 2 atom stereocenters. The van der Waals surface area contributed by atoms with Gasteiger partial charge in [0.1, 0.15) is 34.7 Å². The number of nitrogens with one attached hydrogen (secondary N) is 2. The van der Waals surface area contributed by atoms with Gasteiger partial charge in [-0.25, -0.2) is 0 Å². The van der Waals surface area contributed by atoms with Gasteiger partial charge in [-0.05, 0) is 56.0 Å². The molecule has 4 rings (SSSR count). The summed E-state index contributed by atoms with van der Waals surface area (Å²) in [5.41, 5.74) is -1.63. The minimum Gasteiger partial charge on any atom is -0.480 e. The molecule has 0 bridgehead atoms. The number of carbonyl (C=O) groups is 1. The first-order valence-electron chi connectivity index (χ1n) is 11.6. The molecule has 1 aliphatic heterocycles. The van der Waals surface area contributed by atoms with E-state index in [0.29, 0.717) is 27.6 Å². The van der Waals surface area contributed by atoms with Crippen LogP contribution in [0.3, 0.4) is 0 Å². The van der Waals surface area contributed by atoms with Crippen LogP contribution in [0.4, 0.5) is 17.1 Å². The topological polar surface area (TPSA) is 132 Å². The molecular formula is C26H30ClN3O6. The second-order valence-corrected chi connectivity index (χ2v) is 11.2. The summed E-state index contributed by atoms with van der Waals surface area (Å²) in [6.45, 7) is 10.9. The molecule has 0 saturated carbocycles. The predicted octanol–water partition coefficient (Wildman–Crippen LogP) is 4.45. The van der Waals surface area contributed by atoms with Crippen LogP contribution in [-0.2, 0) is 11.3 Å². The van der Waals surface area contributed by atoms with Crippen LogP contribution in [-0.4, -0.2) is 26.6 Å². The van der Waals surface area contributed by atoms with Crippen molar-refractivity contribution in [2.24, 2.45) is 5.41 Å². The molecule has 0 amide bonds. The number of aliphatic hydroxyl groups is 1. The van der Waals surface area contributed by atoms with Crippen molar-refractivity contribution in [3.8, 4) is 0 Å². The number of fused-ring (bicyclic) bond motifs is 1. The largest absolute Gasteiger partial charge is 0.480 e. The summed E-state index contributed by atoms with van der Waals surface area (Å²) < 4.78 is 5.81. The lowest BCUT2D eigenvalue weighted by Crippen LogP contribution is -2.49. The molecule has 1 unspecified atom stereocenters. The van der Waals surface area contributed by atoms with E-state index in [-0.39, 0.29) is 23.3 Å². The second kappa shape index (κ2) is 8.76. The lowest BCUT2D eigenvalue weighted by Gasteiger charge is -2.34. The van der Waals surface area contributed by atoms with Crippen molar-refractivity contribution in [3.05, 3.63) is 72.4 Å². The number of rotatable bonds is 7. The van der Waals surface area contributed by atoms with Crippen LogP contribution in [0.25, 0.3) is 0 Å². The van der Waals surface area contributed by atoms with Crippen LogP contribution in [0, 0.1) is 12.3 Å². The monoisotopic (exact) mass is 515 g/mol. The van der Waals surface area contributed by atoms with E-state index in [0.717, 1.165) is 5.76 Å². The number of hydrogen-bond donors (Lipinski definition) is 4. The second-order valence-electron chi connectivity index (χ2n) is 10.8. The van der Waals surface area contributed by atoms with Crippen LogP contribution in [0.2, 0.25) is 5.02 Å². The zero-order valence-electron chi connectivity index (χ0n) is 21.0. The molecule has 192 valence electrons.